The molecule has 0 radical (unpaired) electrons. The van der Waals surface area contributed by atoms with Crippen molar-refractivity contribution in [2.75, 3.05) is 18.4 Å². The first-order chi connectivity index (χ1) is 18.4. The molecule has 38 heavy (non-hydrogen) atoms. The Bertz CT molecular complexity index is 1500. The van der Waals surface area contributed by atoms with Crippen LogP contribution >= 0.6 is 0 Å². The molecule has 0 unspecified atom stereocenters. The maximum absolute atomic E-state index is 13.7. The molecule has 0 spiro atoms. The Kier molecular flexibility index (Phi) is 7.21. The van der Waals surface area contributed by atoms with Gasteiger partial charge in [-0.15, -0.1) is 5.10 Å². The van der Waals surface area contributed by atoms with Gasteiger partial charge in [-0.2, -0.15) is 0 Å². The van der Waals surface area contributed by atoms with Gasteiger partial charge in [0.2, 0.25) is 11.8 Å². The molecule has 5 rings (SSSR count). The second kappa shape index (κ2) is 10.9. The number of imidazole rings is 1. The summed E-state index contributed by atoms with van der Waals surface area (Å²) in [5.41, 5.74) is 4.12. The number of ether oxygens (including phenoxy) is 1. The van der Waals surface area contributed by atoms with Crippen LogP contribution in [0.2, 0.25) is 0 Å². The molecule has 2 heterocycles. The van der Waals surface area contributed by atoms with Gasteiger partial charge in [0, 0.05) is 48.8 Å². The van der Waals surface area contributed by atoms with E-state index in [0.717, 1.165) is 24.0 Å². The number of halogens is 1. The molecule has 2 aromatic heterocycles. The molecule has 1 saturated carbocycles. The van der Waals surface area contributed by atoms with Crippen LogP contribution in [0.4, 0.5) is 10.1 Å². The number of carbonyl (C=O) groups is 2. The summed E-state index contributed by atoms with van der Waals surface area (Å²) in [5.74, 6) is -0.0361. The maximum atomic E-state index is 13.7. The Morgan fingerprint density at radius 3 is 2.74 bits per heavy atom. The van der Waals surface area contributed by atoms with Crippen LogP contribution in [0.3, 0.4) is 0 Å². The highest BCUT2D eigenvalue weighted by molar-refractivity contribution is 5.96. The van der Waals surface area contributed by atoms with Gasteiger partial charge in [-0.3, -0.25) is 9.59 Å². The fourth-order valence-electron chi connectivity index (χ4n) is 4.14. The zero-order valence-corrected chi connectivity index (χ0v) is 21.3. The lowest BCUT2D eigenvalue weighted by Crippen LogP contribution is -2.26. The number of nitrogens with one attached hydrogen (secondary N) is 3. The molecule has 1 aliphatic rings. The van der Waals surface area contributed by atoms with E-state index in [1.807, 2.05) is 26.0 Å². The van der Waals surface area contributed by atoms with Gasteiger partial charge in [0.15, 0.2) is 5.65 Å². The Labute approximate surface area is 219 Å². The number of hydrogen-bond donors (Lipinski definition) is 3. The van der Waals surface area contributed by atoms with Crippen molar-refractivity contribution in [3.05, 3.63) is 71.7 Å². The average molecular weight is 517 g/mol. The Morgan fingerprint density at radius 2 is 2.00 bits per heavy atom. The van der Waals surface area contributed by atoms with Crippen molar-refractivity contribution in [1.82, 2.24) is 25.2 Å². The summed E-state index contributed by atoms with van der Waals surface area (Å²) in [7, 11) is 0. The number of benzene rings is 2. The molecule has 0 atom stereocenters. The number of hydrogen-bond acceptors (Lipinski definition) is 6. The lowest BCUT2D eigenvalue weighted by atomic mass is 10.0. The van der Waals surface area contributed by atoms with E-state index in [-0.39, 0.29) is 30.2 Å². The number of nitrogens with zero attached hydrogens (tertiary/aromatic N) is 3. The Morgan fingerprint density at radius 1 is 1.16 bits per heavy atom. The second-order valence-corrected chi connectivity index (χ2v) is 9.24. The van der Waals surface area contributed by atoms with Crippen LogP contribution in [0, 0.1) is 12.7 Å². The predicted octanol–water partition coefficient (Wildman–Crippen LogP) is 4.47. The van der Waals surface area contributed by atoms with Gasteiger partial charge < -0.3 is 20.7 Å². The SMILES string of the molecule is CCNC(=O)CCNc1cc(Oc2cccc(F)c2)nn2c(-c3ccc(C(=O)NC4CC4)c(C)c3)cnc12. The quantitative estimate of drug-likeness (QED) is 0.287. The van der Waals surface area contributed by atoms with Crippen molar-refractivity contribution in [3.63, 3.8) is 0 Å². The first kappa shape index (κ1) is 25.2. The van der Waals surface area contributed by atoms with Gasteiger partial charge in [0.25, 0.3) is 5.91 Å². The van der Waals surface area contributed by atoms with E-state index >= 15 is 0 Å². The first-order valence-corrected chi connectivity index (χ1v) is 12.7. The van der Waals surface area contributed by atoms with Crippen LogP contribution in [0.5, 0.6) is 11.6 Å². The van der Waals surface area contributed by atoms with Crippen LogP contribution in [0.25, 0.3) is 16.9 Å². The molecule has 196 valence electrons. The second-order valence-electron chi connectivity index (χ2n) is 9.24. The van der Waals surface area contributed by atoms with Gasteiger partial charge >= 0.3 is 0 Å². The van der Waals surface area contributed by atoms with Crippen molar-refractivity contribution in [3.8, 4) is 22.9 Å². The first-order valence-electron chi connectivity index (χ1n) is 12.7. The van der Waals surface area contributed by atoms with Crippen molar-refractivity contribution in [1.29, 1.82) is 0 Å². The van der Waals surface area contributed by atoms with E-state index in [1.165, 1.54) is 12.1 Å². The smallest absolute Gasteiger partial charge is 0.251 e. The number of aryl methyl sites for hydroxylation is 1. The molecule has 0 aliphatic heterocycles. The maximum Gasteiger partial charge on any atom is 0.251 e. The van der Waals surface area contributed by atoms with Crippen molar-refractivity contribution in [2.45, 2.75) is 39.2 Å². The van der Waals surface area contributed by atoms with Crippen molar-refractivity contribution < 1.29 is 18.7 Å². The van der Waals surface area contributed by atoms with Crippen LogP contribution in [-0.2, 0) is 4.79 Å². The molecule has 0 saturated heterocycles. The monoisotopic (exact) mass is 516 g/mol. The van der Waals surface area contributed by atoms with E-state index in [0.29, 0.717) is 41.4 Å². The van der Waals surface area contributed by atoms with Crippen LogP contribution < -0.4 is 20.7 Å². The summed E-state index contributed by atoms with van der Waals surface area (Å²) >= 11 is 0. The van der Waals surface area contributed by atoms with Gasteiger partial charge in [0.1, 0.15) is 11.6 Å². The Balaban J connectivity index is 1.48. The van der Waals surface area contributed by atoms with Gasteiger partial charge in [0.05, 0.1) is 17.6 Å². The van der Waals surface area contributed by atoms with Crippen LogP contribution in [-0.4, -0.2) is 45.5 Å². The van der Waals surface area contributed by atoms with Crippen molar-refractivity contribution in [2.24, 2.45) is 0 Å². The number of carbonyl (C=O) groups excluding carboxylic acids is 2. The fourth-order valence-corrected chi connectivity index (χ4v) is 4.14. The molecular formula is C28H29FN6O3. The third-order valence-corrected chi connectivity index (χ3v) is 6.18. The van der Waals surface area contributed by atoms with E-state index in [9.17, 15) is 14.0 Å². The highest BCUT2D eigenvalue weighted by Crippen LogP contribution is 2.30. The molecule has 3 N–H and O–H groups in total. The molecule has 9 nitrogen and oxygen atoms in total. The molecule has 2 aromatic carbocycles. The third-order valence-electron chi connectivity index (χ3n) is 6.18. The number of amides is 2. The van der Waals surface area contributed by atoms with Crippen LogP contribution in [0.1, 0.15) is 42.1 Å². The summed E-state index contributed by atoms with van der Waals surface area (Å²) in [6, 6.07) is 13.4. The Hall–Kier alpha value is -4.47. The summed E-state index contributed by atoms with van der Waals surface area (Å²) in [4.78, 5) is 29.1. The number of aromatic nitrogens is 3. The zero-order valence-electron chi connectivity index (χ0n) is 21.3. The van der Waals surface area contributed by atoms with Gasteiger partial charge in [-0.1, -0.05) is 12.1 Å². The topological polar surface area (TPSA) is 110 Å². The van der Waals surface area contributed by atoms with E-state index in [1.54, 1.807) is 35.0 Å². The highest BCUT2D eigenvalue weighted by Gasteiger charge is 2.24. The van der Waals surface area contributed by atoms with E-state index < -0.39 is 5.82 Å². The summed E-state index contributed by atoms with van der Waals surface area (Å²) in [6.07, 6.45) is 4.02. The largest absolute Gasteiger partial charge is 0.437 e. The zero-order chi connectivity index (χ0) is 26.6. The van der Waals surface area contributed by atoms with Crippen LogP contribution in [0.15, 0.2) is 54.7 Å². The lowest BCUT2D eigenvalue weighted by Gasteiger charge is -2.12. The number of rotatable bonds is 10. The summed E-state index contributed by atoms with van der Waals surface area (Å²) in [6.45, 7) is 4.70. The third kappa shape index (κ3) is 5.74. The summed E-state index contributed by atoms with van der Waals surface area (Å²) in [5, 5.41) is 13.7. The van der Waals surface area contributed by atoms with E-state index in [2.05, 4.69) is 26.0 Å². The normalized spacial score (nSPS) is 12.8. The highest BCUT2D eigenvalue weighted by atomic mass is 19.1. The molecular weight excluding hydrogens is 487 g/mol. The fraction of sp³-hybridized carbons (Fsp3) is 0.286. The minimum absolute atomic E-state index is 0.0633. The summed E-state index contributed by atoms with van der Waals surface area (Å²) < 4.78 is 21.3. The number of fused-ring (bicyclic) bond motifs is 1. The van der Waals surface area contributed by atoms with Gasteiger partial charge in [-0.25, -0.2) is 13.9 Å². The molecule has 2 amide bonds. The molecule has 0 bridgehead atoms. The average Bonchev–Trinajstić information content (AvgIpc) is 3.59. The lowest BCUT2D eigenvalue weighted by molar-refractivity contribution is -0.120. The van der Waals surface area contributed by atoms with Crippen molar-refractivity contribution >= 4 is 23.1 Å². The molecule has 1 aliphatic carbocycles. The molecule has 4 aromatic rings. The number of anilines is 1. The van der Waals surface area contributed by atoms with Gasteiger partial charge in [-0.05, 0) is 56.5 Å². The van der Waals surface area contributed by atoms with E-state index in [4.69, 9.17) is 4.74 Å². The molecule has 1 fully saturated rings. The minimum atomic E-state index is -0.423. The molecule has 10 heteroatoms. The standard InChI is InChI=1S/C28H29FN6O3/c1-3-30-25(36)11-12-31-23-15-26(38-21-6-4-5-19(29)14-21)34-35-24(16-32-27(23)35)18-7-10-22(17(2)13-18)28(37)33-20-8-9-20/h4-7,10,13-16,20,31H,3,8-9,11-12H2,1-2H3,(H,30,36)(H,33,37). The minimum Gasteiger partial charge on any atom is -0.437 e. The predicted molar refractivity (Wildman–Crippen MR) is 142 cm³/mol.